The minimum absolute atomic E-state index is 0.244. The number of carbonyl (C=O) groups is 1. The van der Waals surface area contributed by atoms with Crippen LogP contribution >= 0.6 is 23.1 Å². The molecule has 0 saturated heterocycles. The van der Waals surface area contributed by atoms with E-state index in [9.17, 15) is 4.79 Å². The van der Waals surface area contributed by atoms with Gasteiger partial charge in [0, 0.05) is 16.7 Å². The summed E-state index contributed by atoms with van der Waals surface area (Å²) in [6.07, 6.45) is 0. The van der Waals surface area contributed by atoms with Crippen molar-refractivity contribution in [2.45, 2.75) is 11.3 Å². The van der Waals surface area contributed by atoms with E-state index in [-0.39, 0.29) is 5.91 Å². The fourth-order valence-corrected chi connectivity index (χ4v) is 4.06. The maximum Gasteiger partial charge on any atom is 0.257 e. The number of hydrogen-bond acceptors (Lipinski definition) is 8. The summed E-state index contributed by atoms with van der Waals surface area (Å²) in [6, 6.07) is 16.5. The second kappa shape index (κ2) is 8.32. The summed E-state index contributed by atoms with van der Waals surface area (Å²) in [5.74, 6) is 1.52. The van der Waals surface area contributed by atoms with E-state index >= 15 is 0 Å². The van der Waals surface area contributed by atoms with Crippen LogP contribution in [0.4, 0.5) is 5.13 Å². The van der Waals surface area contributed by atoms with Crippen molar-refractivity contribution in [2.24, 2.45) is 0 Å². The standard InChI is InChI=1S/C19H15N5O2S2/c1-2-27-19-24-23-18(28-19)20-15(25)12-8-10-14(11-9-12)17-22-21-16(26-17)13-6-4-3-5-7-13/h3-11H,2H2,1H3,(H,20,23,25). The number of hydrogen-bond donors (Lipinski definition) is 1. The quantitative estimate of drug-likeness (QED) is 0.367. The van der Waals surface area contributed by atoms with Gasteiger partial charge < -0.3 is 4.42 Å². The first-order valence-corrected chi connectivity index (χ1v) is 10.3. The Morgan fingerprint density at radius 1 is 0.964 bits per heavy atom. The maximum atomic E-state index is 12.4. The first-order valence-electron chi connectivity index (χ1n) is 8.50. The first-order chi connectivity index (χ1) is 13.7. The molecule has 0 bridgehead atoms. The molecule has 0 radical (unpaired) electrons. The largest absolute Gasteiger partial charge is 0.416 e. The third-order valence-corrected chi connectivity index (χ3v) is 5.59. The first kappa shape index (κ1) is 18.3. The molecule has 7 nitrogen and oxygen atoms in total. The Kier molecular flexibility index (Phi) is 5.45. The van der Waals surface area contributed by atoms with Gasteiger partial charge in [-0.05, 0) is 42.2 Å². The molecule has 0 aliphatic rings. The molecule has 0 saturated carbocycles. The second-order valence-corrected chi connectivity index (χ2v) is 8.10. The summed E-state index contributed by atoms with van der Waals surface area (Å²) in [4.78, 5) is 12.4. The molecule has 0 unspecified atom stereocenters. The highest BCUT2D eigenvalue weighted by molar-refractivity contribution is 8.01. The molecular formula is C19H15N5O2S2. The molecule has 0 fully saturated rings. The average molecular weight is 409 g/mol. The molecule has 9 heteroatoms. The topological polar surface area (TPSA) is 93.8 Å². The monoisotopic (exact) mass is 409 g/mol. The van der Waals surface area contributed by atoms with E-state index in [1.165, 1.54) is 11.3 Å². The lowest BCUT2D eigenvalue weighted by Gasteiger charge is -2.02. The lowest BCUT2D eigenvalue weighted by Crippen LogP contribution is -2.11. The van der Waals surface area contributed by atoms with Crippen molar-refractivity contribution < 1.29 is 9.21 Å². The zero-order valence-electron chi connectivity index (χ0n) is 14.8. The van der Waals surface area contributed by atoms with E-state index in [0.29, 0.717) is 22.5 Å². The number of carbonyl (C=O) groups excluding carboxylic acids is 1. The van der Waals surface area contributed by atoms with Gasteiger partial charge >= 0.3 is 0 Å². The number of rotatable bonds is 6. The molecule has 2 aromatic carbocycles. The van der Waals surface area contributed by atoms with Gasteiger partial charge in [-0.3, -0.25) is 10.1 Å². The Balaban J connectivity index is 1.46. The molecule has 1 N–H and O–H groups in total. The van der Waals surface area contributed by atoms with E-state index < -0.39 is 0 Å². The highest BCUT2D eigenvalue weighted by Crippen LogP contribution is 2.26. The van der Waals surface area contributed by atoms with E-state index in [1.54, 1.807) is 36.0 Å². The van der Waals surface area contributed by atoms with Gasteiger partial charge in [0.05, 0.1) is 0 Å². The van der Waals surface area contributed by atoms with Gasteiger partial charge in [0.15, 0.2) is 4.34 Å². The van der Waals surface area contributed by atoms with Crippen LogP contribution in [0.15, 0.2) is 63.4 Å². The van der Waals surface area contributed by atoms with Gasteiger partial charge in [0.1, 0.15) is 0 Å². The van der Waals surface area contributed by atoms with Crippen LogP contribution in [0.2, 0.25) is 0 Å². The highest BCUT2D eigenvalue weighted by atomic mass is 32.2. The Morgan fingerprint density at radius 2 is 1.64 bits per heavy atom. The average Bonchev–Trinajstić information content (AvgIpc) is 3.39. The molecule has 140 valence electrons. The number of amides is 1. The van der Waals surface area contributed by atoms with E-state index in [2.05, 4.69) is 25.7 Å². The van der Waals surface area contributed by atoms with Gasteiger partial charge in [0.25, 0.3) is 5.91 Å². The van der Waals surface area contributed by atoms with Crippen molar-refractivity contribution >= 4 is 34.1 Å². The fourth-order valence-electron chi connectivity index (χ4n) is 2.41. The van der Waals surface area contributed by atoms with Gasteiger partial charge in [-0.2, -0.15) is 0 Å². The summed E-state index contributed by atoms with van der Waals surface area (Å²) in [5.41, 5.74) is 2.10. The number of thioether (sulfide) groups is 1. The van der Waals surface area contributed by atoms with Crippen LogP contribution in [-0.2, 0) is 0 Å². The molecule has 4 rings (SSSR count). The zero-order valence-corrected chi connectivity index (χ0v) is 16.5. The number of benzene rings is 2. The zero-order chi connectivity index (χ0) is 19.3. The lowest BCUT2D eigenvalue weighted by atomic mass is 10.1. The van der Waals surface area contributed by atoms with Crippen molar-refractivity contribution in [3.05, 3.63) is 60.2 Å². The summed E-state index contributed by atoms with van der Waals surface area (Å²) in [5, 5.41) is 19.4. The summed E-state index contributed by atoms with van der Waals surface area (Å²) >= 11 is 2.95. The van der Waals surface area contributed by atoms with Crippen LogP contribution < -0.4 is 5.32 Å². The molecule has 2 aromatic heterocycles. The molecule has 0 aliphatic carbocycles. The number of nitrogens with zero attached hydrogens (tertiary/aromatic N) is 4. The Bertz CT molecular complexity index is 1080. The molecule has 0 spiro atoms. The number of anilines is 1. The van der Waals surface area contributed by atoms with Crippen molar-refractivity contribution in [1.29, 1.82) is 0 Å². The summed E-state index contributed by atoms with van der Waals surface area (Å²) in [7, 11) is 0. The number of aromatic nitrogens is 4. The number of nitrogens with one attached hydrogen (secondary N) is 1. The van der Waals surface area contributed by atoms with Crippen LogP contribution in [0.25, 0.3) is 22.9 Å². The summed E-state index contributed by atoms with van der Waals surface area (Å²) < 4.78 is 6.57. The molecular weight excluding hydrogens is 394 g/mol. The van der Waals surface area contributed by atoms with Crippen molar-refractivity contribution in [1.82, 2.24) is 20.4 Å². The van der Waals surface area contributed by atoms with Gasteiger partial charge in [0.2, 0.25) is 16.9 Å². The third-order valence-electron chi connectivity index (χ3n) is 3.73. The van der Waals surface area contributed by atoms with Gasteiger partial charge in [-0.25, -0.2) is 0 Å². The molecule has 0 aliphatic heterocycles. The Labute approximate surface area is 169 Å². The van der Waals surface area contributed by atoms with Gasteiger partial charge in [-0.15, -0.1) is 20.4 Å². The highest BCUT2D eigenvalue weighted by Gasteiger charge is 2.13. The molecule has 4 aromatic rings. The van der Waals surface area contributed by atoms with E-state index in [4.69, 9.17) is 4.42 Å². The Hall–Kier alpha value is -3.04. The predicted molar refractivity (Wildman–Crippen MR) is 109 cm³/mol. The third kappa shape index (κ3) is 4.10. The normalized spacial score (nSPS) is 10.8. The minimum Gasteiger partial charge on any atom is -0.416 e. The fraction of sp³-hybridized carbons (Fsp3) is 0.105. The van der Waals surface area contributed by atoms with Crippen LogP contribution in [0.3, 0.4) is 0 Å². The van der Waals surface area contributed by atoms with Crippen molar-refractivity contribution in [3.63, 3.8) is 0 Å². The second-order valence-electron chi connectivity index (χ2n) is 5.62. The lowest BCUT2D eigenvalue weighted by molar-refractivity contribution is 0.102. The van der Waals surface area contributed by atoms with Crippen molar-refractivity contribution in [3.8, 4) is 22.9 Å². The molecule has 1 amide bonds. The maximum absolute atomic E-state index is 12.4. The van der Waals surface area contributed by atoms with Gasteiger partial charge in [-0.1, -0.05) is 48.2 Å². The van der Waals surface area contributed by atoms with E-state index in [0.717, 1.165) is 21.2 Å². The van der Waals surface area contributed by atoms with Crippen molar-refractivity contribution in [2.75, 3.05) is 11.1 Å². The van der Waals surface area contributed by atoms with Crippen LogP contribution in [0.1, 0.15) is 17.3 Å². The molecule has 2 heterocycles. The van der Waals surface area contributed by atoms with Crippen LogP contribution in [0.5, 0.6) is 0 Å². The Morgan fingerprint density at radius 3 is 2.32 bits per heavy atom. The minimum atomic E-state index is -0.244. The SMILES string of the molecule is CCSc1nnc(NC(=O)c2ccc(-c3nnc(-c4ccccc4)o3)cc2)s1. The predicted octanol–water partition coefficient (Wildman–Crippen LogP) is 4.62. The van der Waals surface area contributed by atoms with E-state index in [1.807, 2.05) is 37.3 Å². The molecule has 0 atom stereocenters. The van der Waals surface area contributed by atoms with Crippen LogP contribution in [0, 0.1) is 0 Å². The summed E-state index contributed by atoms with van der Waals surface area (Å²) in [6.45, 7) is 2.04. The molecule has 28 heavy (non-hydrogen) atoms. The van der Waals surface area contributed by atoms with Crippen LogP contribution in [-0.4, -0.2) is 32.1 Å². The smallest absolute Gasteiger partial charge is 0.257 e.